The van der Waals surface area contributed by atoms with Crippen LogP contribution in [0.25, 0.3) is 0 Å². The van der Waals surface area contributed by atoms with Crippen molar-refractivity contribution < 1.29 is 9.59 Å². The monoisotopic (exact) mass is 240 g/mol. The molecule has 1 N–H and O–H groups in total. The number of carbonyl (C=O) groups is 2. The van der Waals surface area contributed by atoms with Crippen molar-refractivity contribution in [2.75, 3.05) is 19.6 Å². The van der Waals surface area contributed by atoms with Gasteiger partial charge in [-0.25, -0.2) is 0 Å². The highest BCUT2D eigenvalue weighted by atomic mass is 16.2. The standard InChI is InChI=1S/C13H24N2O2/c1-9(2)11(10(3)4)8-15-6-5-12(16)14-7-13(15)17/h9-11H,5-8H2,1-4H3,(H,14,16). The smallest absolute Gasteiger partial charge is 0.241 e. The van der Waals surface area contributed by atoms with Crippen LogP contribution < -0.4 is 5.32 Å². The van der Waals surface area contributed by atoms with Gasteiger partial charge in [0.2, 0.25) is 11.8 Å². The molecule has 1 fully saturated rings. The Kier molecular flexibility index (Phi) is 4.97. The Hall–Kier alpha value is -1.06. The fourth-order valence-corrected chi connectivity index (χ4v) is 2.37. The Morgan fingerprint density at radius 3 is 2.29 bits per heavy atom. The van der Waals surface area contributed by atoms with Crippen molar-refractivity contribution in [2.45, 2.75) is 34.1 Å². The van der Waals surface area contributed by atoms with E-state index in [0.717, 1.165) is 6.54 Å². The molecule has 0 radical (unpaired) electrons. The zero-order chi connectivity index (χ0) is 13.0. The molecule has 0 aromatic rings. The predicted molar refractivity (Wildman–Crippen MR) is 67.4 cm³/mol. The summed E-state index contributed by atoms with van der Waals surface area (Å²) in [5.41, 5.74) is 0. The van der Waals surface area contributed by atoms with Crippen LogP contribution in [0.3, 0.4) is 0 Å². The van der Waals surface area contributed by atoms with Gasteiger partial charge < -0.3 is 10.2 Å². The van der Waals surface area contributed by atoms with Gasteiger partial charge in [0.25, 0.3) is 0 Å². The highest BCUT2D eigenvalue weighted by molar-refractivity contribution is 5.87. The Bertz CT molecular complexity index is 279. The minimum absolute atomic E-state index is 0.0218. The molecule has 0 spiro atoms. The molecular formula is C13H24N2O2. The fraction of sp³-hybridized carbons (Fsp3) is 0.846. The van der Waals surface area contributed by atoms with Crippen LogP contribution in [0.4, 0.5) is 0 Å². The number of carbonyl (C=O) groups excluding carboxylic acids is 2. The van der Waals surface area contributed by atoms with E-state index in [4.69, 9.17) is 0 Å². The van der Waals surface area contributed by atoms with Gasteiger partial charge in [-0.15, -0.1) is 0 Å². The van der Waals surface area contributed by atoms with Gasteiger partial charge in [-0.2, -0.15) is 0 Å². The van der Waals surface area contributed by atoms with E-state index in [1.165, 1.54) is 0 Å². The minimum atomic E-state index is -0.0218. The molecule has 0 aliphatic carbocycles. The van der Waals surface area contributed by atoms with E-state index < -0.39 is 0 Å². The Morgan fingerprint density at radius 2 is 1.76 bits per heavy atom. The van der Waals surface area contributed by atoms with E-state index >= 15 is 0 Å². The first-order valence-corrected chi connectivity index (χ1v) is 6.46. The fourth-order valence-electron chi connectivity index (χ4n) is 2.37. The molecule has 1 aliphatic rings. The number of rotatable bonds is 4. The molecule has 98 valence electrons. The van der Waals surface area contributed by atoms with Crippen molar-refractivity contribution in [1.82, 2.24) is 10.2 Å². The van der Waals surface area contributed by atoms with Crippen LogP contribution in [0.2, 0.25) is 0 Å². The van der Waals surface area contributed by atoms with Crippen molar-refractivity contribution in [1.29, 1.82) is 0 Å². The van der Waals surface area contributed by atoms with Crippen LogP contribution >= 0.6 is 0 Å². The highest BCUT2D eigenvalue weighted by Gasteiger charge is 2.26. The maximum absolute atomic E-state index is 11.9. The number of amides is 2. The van der Waals surface area contributed by atoms with Gasteiger partial charge >= 0.3 is 0 Å². The summed E-state index contributed by atoms with van der Waals surface area (Å²) in [4.78, 5) is 24.9. The van der Waals surface area contributed by atoms with E-state index in [-0.39, 0.29) is 18.4 Å². The second kappa shape index (κ2) is 6.03. The average molecular weight is 240 g/mol. The molecule has 0 atom stereocenters. The van der Waals surface area contributed by atoms with Crippen LogP contribution in [0, 0.1) is 17.8 Å². The molecule has 4 heteroatoms. The zero-order valence-corrected chi connectivity index (χ0v) is 11.3. The lowest BCUT2D eigenvalue weighted by Crippen LogP contribution is -2.40. The second-order valence-corrected chi connectivity index (χ2v) is 5.52. The van der Waals surface area contributed by atoms with Gasteiger partial charge in [0, 0.05) is 19.5 Å². The van der Waals surface area contributed by atoms with E-state index in [1.54, 1.807) is 0 Å². The molecule has 17 heavy (non-hydrogen) atoms. The maximum Gasteiger partial charge on any atom is 0.241 e. The number of nitrogens with one attached hydrogen (secondary N) is 1. The molecule has 0 aromatic carbocycles. The summed E-state index contributed by atoms with van der Waals surface area (Å²) in [5, 5.41) is 2.63. The first kappa shape index (κ1) is 14.0. The quantitative estimate of drug-likeness (QED) is 0.804. The molecule has 0 bridgehead atoms. The van der Waals surface area contributed by atoms with Crippen LogP contribution in [0.5, 0.6) is 0 Å². The second-order valence-electron chi connectivity index (χ2n) is 5.52. The third-order valence-electron chi connectivity index (χ3n) is 3.54. The first-order valence-electron chi connectivity index (χ1n) is 6.46. The molecule has 4 nitrogen and oxygen atoms in total. The lowest BCUT2D eigenvalue weighted by Gasteiger charge is -2.31. The molecular weight excluding hydrogens is 216 g/mol. The largest absolute Gasteiger partial charge is 0.347 e. The summed E-state index contributed by atoms with van der Waals surface area (Å²) < 4.78 is 0. The predicted octanol–water partition coefficient (Wildman–Crippen LogP) is 1.26. The third-order valence-corrected chi connectivity index (χ3v) is 3.54. The normalized spacial score (nSPS) is 17.9. The molecule has 1 rings (SSSR count). The summed E-state index contributed by atoms with van der Waals surface area (Å²) in [6.07, 6.45) is 0.425. The van der Waals surface area contributed by atoms with Crippen molar-refractivity contribution in [2.24, 2.45) is 17.8 Å². The lowest BCUT2D eigenvalue weighted by atomic mass is 9.85. The van der Waals surface area contributed by atoms with Gasteiger partial charge in [-0.3, -0.25) is 9.59 Å². The van der Waals surface area contributed by atoms with Gasteiger partial charge in [0.1, 0.15) is 0 Å². The van der Waals surface area contributed by atoms with E-state index in [9.17, 15) is 9.59 Å². The molecule has 1 heterocycles. The lowest BCUT2D eigenvalue weighted by molar-refractivity contribution is -0.131. The van der Waals surface area contributed by atoms with Crippen molar-refractivity contribution in [3.05, 3.63) is 0 Å². The maximum atomic E-state index is 11.9. The van der Waals surface area contributed by atoms with E-state index in [2.05, 4.69) is 33.0 Å². The first-order chi connectivity index (χ1) is 7.91. The topological polar surface area (TPSA) is 49.4 Å². The minimum Gasteiger partial charge on any atom is -0.347 e. The molecule has 0 unspecified atom stereocenters. The molecule has 0 saturated carbocycles. The van der Waals surface area contributed by atoms with Gasteiger partial charge in [0.05, 0.1) is 6.54 Å². The summed E-state index contributed by atoms with van der Waals surface area (Å²) in [7, 11) is 0. The van der Waals surface area contributed by atoms with Gasteiger partial charge in [-0.05, 0) is 17.8 Å². The highest BCUT2D eigenvalue weighted by Crippen LogP contribution is 2.22. The summed E-state index contributed by atoms with van der Waals surface area (Å²) in [6.45, 7) is 10.2. The molecule has 1 saturated heterocycles. The summed E-state index contributed by atoms with van der Waals surface area (Å²) in [5.74, 6) is 1.62. The van der Waals surface area contributed by atoms with Crippen molar-refractivity contribution in [3.8, 4) is 0 Å². The van der Waals surface area contributed by atoms with E-state index in [1.807, 2.05) is 4.90 Å². The number of hydrogen-bond donors (Lipinski definition) is 1. The molecule has 1 aliphatic heterocycles. The Morgan fingerprint density at radius 1 is 1.18 bits per heavy atom. The van der Waals surface area contributed by atoms with Crippen molar-refractivity contribution in [3.63, 3.8) is 0 Å². The summed E-state index contributed by atoms with van der Waals surface area (Å²) >= 11 is 0. The number of hydrogen-bond acceptors (Lipinski definition) is 2. The zero-order valence-electron chi connectivity index (χ0n) is 11.3. The van der Waals surface area contributed by atoms with E-state index in [0.29, 0.717) is 30.7 Å². The van der Waals surface area contributed by atoms with Crippen LogP contribution in [0.15, 0.2) is 0 Å². The van der Waals surface area contributed by atoms with Crippen molar-refractivity contribution >= 4 is 11.8 Å². The van der Waals surface area contributed by atoms with Gasteiger partial charge in [-0.1, -0.05) is 27.7 Å². The van der Waals surface area contributed by atoms with Crippen LogP contribution in [0.1, 0.15) is 34.1 Å². The summed E-state index contributed by atoms with van der Waals surface area (Å²) in [6, 6.07) is 0. The third kappa shape index (κ3) is 4.02. The average Bonchev–Trinajstić information content (AvgIpc) is 2.38. The Balaban J connectivity index is 2.64. The van der Waals surface area contributed by atoms with Crippen LogP contribution in [-0.4, -0.2) is 36.3 Å². The Labute approximate surface area is 104 Å². The SMILES string of the molecule is CC(C)C(CN1CCC(=O)NCC1=O)C(C)C. The molecule has 2 amide bonds. The number of nitrogens with zero attached hydrogens (tertiary/aromatic N) is 1. The van der Waals surface area contributed by atoms with Crippen LogP contribution in [-0.2, 0) is 9.59 Å². The molecule has 0 aromatic heterocycles. The van der Waals surface area contributed by atoms with Gasteiger partial charge in [0.15, 0.2) is 0 Å².